The Balaban J connectivity index is 1.66. The highest BCUT2D eigenvalue weighted by atomic mass is 15.2. The molecule has 1 aliphatic carbocycles. The topological polar surface area (TPSA) is 43.4 Å². The lowest BCUT2D eigenvalue weighted by Crippen LogP contribution is -2.28. The highest BCUT2D eigenvalue weighted by Crippen LogP contribution is 2.32. The van der Waals surface area contributed by atoms with Crippen LogP contribution in [0.4, 0.5) is 0 Å². The van der Waals surface area contributed by atoms with Crippen LogP contribution in [0.5, 0.6) is 0 Å². The van der Waals surface area contributed by atoms with E-state index < -0.39 is 0 Å². The van der Waals surface area contributed by atoms with Gasteiger partial charge in [0.05, 0.1) is 11.4 Å². The van der Waals surface area contributed by atoms with Gasteiger partial charge in [0.1, 0.15) is 0 Å². The third-order valence-electron chi connectivity index (χ3n) is 7.65. The molecular weight excluding hydrogens is 500 g/mol. The van der Waals surface area contributed by atoms with Crippen LogP contribution in [0.3, 0.4) is 0 Å². The molecule has 0 aromatic carbocycles. The summed E-state index contributed by atoms with van der Waals surface area (Å²) in [4.78, 5) is 10.5. The van der Waals surface area contributed by atoms with Gasteiger partial charge in [0.2, 0.25) is 0 Å². The lowest BCUT2D eigenvalue weighted by atomic mass is 9.90. The second-order valence-corrected chi connectivity index (χ2v) is 10.8. The fourth-order valence-electron chi connectivity index (χ4n) is 5.22. The highest BCUT2D eigenvalue weighted by molar-refractivity contribution is 6.08. The van der Waals surface area contributed by atoms with Crippen molar-refractivity contribution in [1.29, 1.82) is 0 Å². The molecule has 0 spiro atoms. The molecule has 0 saturated carbocycles. The van der Waals surface area contributed by atoms with Crippen molar-refractivity contribution in [1.82, 2.24) is 15.2 Å². The van der Waals surface area contributed by atoms with Crippen LogP contribution in [0.1, 0.15) is 59.1 Å². The molecule has 214 valence electrons. The van der Waals surface area contributed by atoms with Crippen molar-refractivity contribution < 1.29 is 0 Å². The summed E-state index contributed by atoms with van der Waals surface area (Å²) in [6.07, 6.45) is 40.1. The fraction of sp³-hybridized carbons (Fsp3) is 0.324. The molecule has 0 radical (unpaired) electrons. The van der Waals surface area contributed by atoms with Gasteiger partial charge < -0.3 is 15.2 Å². The minimum atomic E-state index is 0.0971. The van der Waals surface area contributed by atoms with Gasteiger partial charge in [-0.25, -0.2) is 0 Å². The monoisotopic (exact) mass is 546 g/mol. The van der Waals surface area contributed by atoms with Gasteiger partial charge in [-0.1, -0.05) is 74.6 Å². The number of hydrogen-bond donors (Lipinski definition) is 2. The van der Waals surface area contributed by atoms with Gasteiger partial charge in [0.25, 0.3) is 0 Å². The first-order valence-corrected chi connectivity index (χ1v) is 15.1. The Bertz CT molecular complexity index is 1350. The molecule has 2 unspecified atom stereocenters. The van der Waals surface area contributed by atoms with Gasteiger partial charge >= 0.3 is 0 Å². The summed E-state index contributed by atoms with van der Waals surface area (Å²) in [5.41, 5.74) is 8.60. The Labute approximate surface area is 247 Å². The van der Waals surface area contributed by atoms with Crippen LogP contribution in [-0.2, 0) is 6.42 Å². The SMILES string of the molecule is CC/C=C/C(=C\NC(C)C(/C=C(\C)C1=NC=CCC=C1)=C/Cc1ccc[nH]1)N1C/C=C\C=C/C(C)C2=C1C=CCC2. The zero-order valence-electron chi connectivity index (χ0n) is 25.2. The number of hydrogen-bond acceptors (Lipinski definition) is 3. The predicted molar refractivity (Wildman–Crippen MR) is 176 cm³/mol. The molecule has 4 heteroatoms. The average molecular weight is 547 g/mol. The number of aromatic nitrogens is 1. The Morgan fingerprint density at radius 1 is 1.20 bits per heavy atom. The van der Waals surface area contributed by atoms with Crippen LogP contribution in [0.25, 0.3) is 0 Å². The average Bonchev–Trinajstić information content (AvgIpc) is 3.39. The number of H-pyrrole nitrogens is 1. The van der Waals surface area contributed by atoms with Gasteiger partial charge in [0.15, 0.2) is 0 Å². The van der Waals surface area contributed by atoms with Crippen LogP contribution in [-0.4, -0.2) is 28.2 Å². The van der Waals surface area contributed by atoms with Crippen LogP contribution < -0.4 is 5.32 Å². The number of aromatic amines is 1. The maximum atomic E-state index is 4.66. The molecule has 2 atom stereocenters. The zero-order valence-corrected chi connectivity index (χ0v) is 25.2. The van der Waals surface area contributed by atoms with Crippen molar-refractivity contribution >= 4 is 5.71 Å². The van der Waals surface area contributed by atoms with Gasteiger partial charge in [-0.15, -0.1) is 0 Å². The lowest BCUT2D eigenvalue weighted by molar-refractivity contribution is 0.477. The van der Waals surface area contributed by atoms with Gasteiger partial charge in [0, 0.05) is 49.0 Å². The van der Waals surface area contributed by atoms with Crippen LogP contribution in [0.15, 0.2) is 143 Å². The van der Waals surface area contributed by atoms with E-state index in [0.29, 0.717) is 5.92 Å². The van der Waals surface area contributed by atoms with E-state index >= 15 is 0 Å². The minimum Gasteiger partial charge on any atom is -0.383 e. The molecule has 2 aliphatic heterocycles. The third-order valence-corrected chi connectivity index (χ3v) is 7.65. The molecule has 0 saturated heterocycles. The van der Waals surface area contributed by atoms with E-state index in [1.54, 1.807) is 0 Å². The minimum absolute atomic E-state index is 0.0971. The van der Waals surface area contributed by atoms with Crippen LogP contribution >= 0.6 is 0 Å². The standard InChI is InChI=1S/C37H46N4/c1-5-6-18-34(41-26-14-8-9-16-29(2)35-19-11-12-21-37(35)41)28-40-31(4)32(22-23-33-17-15-25-38-33)27-30(3)36-20-10-7-13-24-39-36/h6,8-10,12-18,20-22,24-25,27-29,31,38,40H,5,7,11,19,23,26H2,1-4H3/b14-8-,16-9-,18-6+,30-27+,32-22+,34-28+. The highest BCUT2D eigenvalue weighted by Gasteiger charge is 2.20. The van der Waals surface area contributed by atoms with E-state index in [1.807, 2.05) is 12.4 Å². The van der Waals surface area contributed by atoms with Crippen molar-refractivity contribution in [3.8, 4) is 0 Å². The number of rotatable bonds is 10. The Morgan fingerprint density at radius 2 is 2.10 bits per heavy atom. The summed E-state index contributed by atoms with van der Waals surface area (Å²) in [6.45, 7) is 9.71. The number of allylic oxidation sites excluding steroid dienone is 13. The Morgan fingerprint density at radius 3 is 2.93 bits per heavy atom. The summed E-state index contributed by atoms with van der Waals surface area (Å²) in [5.74, 6) is 0.412. The van der Waals surface area contributed by atoms with Gasteiger partial charge in [-0.3, -0.25) is 4.99 Å². The molecule has 4 rings (SSSR count). The van der Waals surface area contributed by atoms with Gasteiger partial charge in [-0.2, -0.15) is 0 Å². The van der Waals surface area contributed by atoms with Crippen molar-refractivity contribution in [2.45, 2.75) is 65.8 Å². The van der Waals surface area contributed by atoms with E-state index in [1.165, 1.54) is 28.2 Å². The first-order chi connectivity index (χ1) is 20.1. The molecular formula is C37H46N4. The van der Waals surface area contributed by atoms with Crippen molar-refractivity contribution in [3.05, 3.63) is 144 Å². The molecule has 3 heterocycles. The summed E-state index contributed by atoms with van der Waals surface area (Å²) in [7, 11) is 0. The zero-order chi connectivity index (χ0) is 28.9. The van der Waals surface area contributed by atoms with E-state index in [2.05, 4.69) is 145 Å². The van der Waals surface area contributed by atoms with Crippen LogP contribution in [0, 0.1) is 5.92 Å². The molecule has 4 nitrogen and oxygen atoms in total. The van der Waals surface area contributed by atoms with Crippen molar-refractivity contribution in [2.75, 3.05) is 6.54 Å². The first-order valence-electron chi connectivity index (χ1n) is 15.1. The molecule has 1 aromatic heterocycles. The van der Waals surface area contributed by atoms with E-state index in [-0.39, 0.29) is 6.04 Å². The quantitative estimate of drug-likeness (QED) is 0.288. The third kappa shape index (κ3) is 8.72. The van der Waals surface area contributed by atoms with E-state index in [9.17, 15) is 0 Å². The maximum Gasteiger partial charge on any atom is 0.0655 e. The summed E-state index contributed by atoms with van der Waals surface area (Å²) in [5, 5.41) is 3.76. The number of nitrogens with one attached hydrogen (secondary N) is 2. The number of nitrogens with zero attached hydrogens (tertiary/aromatic N) is 2. The summed E-state index contributed by atoms with van der Waals surface area (Å²) in [6, 6.07) is 4.28. The summed E-state index contributed by atoms with van der Waals surface area (Å²) >= 11 is 0. The van der Waals surface area contributed by atoms with Crippen molar-refractivity contribution in [3.63, 3.8) is 0 Å². The normalized spacial score (nSPS) is 22.5. The Kier molecular flexibility index (Phi) is 11.4. The number of aliphatic imine (C=N–C) groups is 1. The smallest absolute Gasteiger partial charge is 0.0655 e. The van der Waals surface area contributed by atoms with E-state index in [0.717, 1.165) is 49.9 Å². The molecule has 0 bridgehead atoms. The molecule has 1 aromatic rings. The van der Waals surface area contributed by atoms with Crippen molar-refractivity contribution in [2.24, 2.45) is 10.9 Å². The summed E-state index contributed by atoms with van der Waals surface area (Å²) < 4.78 is 0. The molecule has 41 heavy (non-hydrogen) atoms. The second-order valence-electron chi connectivity index (χ2n) is 10.8. The fourth-order valence-corrected chi connectivity index (χ4v) is 5.22. The van der Waals surface area contributed by atoms with E-state index in [4.69, 9.17) is 0 Å². The largest absolute Gasteiger partial charge is 0.383 e. The lowest BCUT2D eigenvalue weighted by Gasteiger charge is -2.31. The van der Waals surface area contributed by atoms with Crippen LogP contribution in [0.2, 0.25) is 0 Å². The molecule has 3 aliphatic rings. The van der Waals surface area contributed by atoms with Gasteiger partial charge in [-0.05, 0) is 92.5 Å². The second kappa shape index (κ2) is 15.7. The molecule has 0 amide bonds. The molecule has 0 fully saturated rings. The Hall–Kier alpha value is -4.05. The maximum absolute atomic E-state index is 4.66. The predicted octanol–water partition coefficient (Wildman–Crippen LogP) is 8.80. The molecule has 2 N–H and O–H groups in total. The first kappa shape index (κ1) is 29.9.